The lowest BCUT2D eigenvalue weighted by Crippen LogP contribution is -2.31. The summed E-state index contributed by atoms with van der Waals surface area (Å²) in [7, 11) is 0. The number of nitrogens with one attached hydrogen (secondary N) is 2. The Morgan fingerprint density at radius 2 is 2.00 bits per heavy atom. The molecule has 126 valence electrons. The van der Waals surface area contributed by atoms with Crippen LogP contribution in [0.15, 0.2) is 64.1 Å². The van der Waals surface area contributed by atoms with Crippen molar-refractivity contribution in [1.29, 1.82) is 0 Å². The van der Waals surface area contributed by atoms with Gasteiger partial charge in [0, 0.05) is 16.3 Å². The number of rotatable bonds is 3. The quantitative estimate of drug-likeness (QED) is 0.642. The largest absolute Gasteiger partial charge is 0.338 e. The fourth-order valence-electron chi connectivity index (χ4n) is 2.42. The van der Waals surface area contributed by atoms with E-state index in [1.54, 1.807) is 23.1 Å². The Bertz CT molecular complexity index is 757. The molecule has 2 N–H and O–H groups in total. The first-order valence-corrected chi connectivity index (χ1v) is 9.29. The molecule has 3 rings (SSSR count). The number of hydrogen-bond donors (Lipinski definition) is 2. The van der Waals surface area contributed by atoms with Gasteiger partial charge in [-0.1, -0.05) is 36.0 Å². The molecular weight excluding hydrogens is 453 g/mol. The van der Waals surface area contributed by atoms with E-state index in [0.717, 1.165) is 21.4 Å². The lowest BCUT2D eigenvalue weighted by molar-refractivity contribution is -0.113. The number of allylic oxidation sites excluding steroid dienone is 1. The normalized spacial score (nSPS) is 16.8. The minimum Gasteiger partial charge on any atom is -0.338 e. The van der Waals surface area contributed by atoms with Crippen LogP contribution >= 0.6 is 47.1 Å². The molecule has 1 aromatic heterocycles. The van der Waals surface area contributed by atoms with Gasteiger partial charge in [-0.3, -0.25) is 4.79 Å². The van der Waals surface area contributed by atoms with E-state index in [2.05, 4.69) is 10.6 Å². The van der Waals surface area contributed by atoms with Gasteiger partial charge in [0.15, 0.2) is 5.17 Å². The van der Waals surface area contributed by atoms with Gasteiger partial charge in [-0.25, -0.2) is 4.99 Å². The SMILES string of the molecule is CSC1=NC(c2cccs2)C(C(=O)Nc2ccccc2)=C(C)N1.I. The second-order valence-corrected chi connectivity index (χ2v) is 6.81. The molecule has 4 nitrogen and oxygen atoms in total. The van der Waals surface area contributed by atoms with Gasteiger partial charge in [-0.2, -0.15) is 0 Å². The number of carbonyl (C=O) groups excluding carboxylic acids is 1. The number of hydrogen-bond acceptors (Lipinski definition) is 5. The van der Waals surface area contributed by atoms with Crippen LogP contribution in [-0.2, 0) is 4.79 Å². The Hall–Kier alpha value is -1.32. The maximum absolute atomic E-state index is 12.8. The summed E-state index contributed by atoms with van der Waals surface area (Å²) >= 11 is 3.16. The number of benzene rings is 1. The minimum absolute atomic E-state index is 0. The summed E-state index contributed by atoms with van der Waals surface area (Å²) in [6.45, 7) is 1.92. The summed E-state index contributed by atoms with van der Waals surface area (Å²) in [6, 6.07) is 13.2. The predicted octanol–water partition coefficient (Wildman–Crippen LogP) is 4.64. The van der Waals surface area contributed by atoms with Crippen LogP contribution in [0.2, 0.25) is 0 Å². The molecule has 1 amide bonds. The summed E-state index contributed by atoms with van der Waals surface area (Å²) < 4.78 is 0. The first-order chi connectivity index (χ1) is 11.2. The first kappa shape index (κ1) is 19.0. The van der Waals surface area contributed by atoms with Gasteiger partial charge in [0.25, 0.3) is 5.91 Å². The summed E-state index contributed by atoms with van der Waals surface area (Å²) in [4.78, 5) is 18.6. The molecule has 0 saturated heterocycles. The van der Waals surface area contributed by atoms with Gasteiger partial charge in [0.1, 0.15) is 6.04 Å². The van der Waals surface area contributed by atoms with Crippen LogP contribution in [0.25, 0.3) is 0 Å². The number of nitrogens with zero attached hydrogens (tertiary/aromatic N) is 1. The Morgan fingerprint density at radius 1 is 1.25 bits per heavy atom. The van der Waals surface area contributed by atoms with Crippen LogP contribution < -0.4 is 10.6 Å². The van der Waals surface area contributed by atoms with Crippen LogP contribution in [0.4, 0.5) is 5.69 Å². The standard InChI is InChI=1S/C17H17N3OS2.HI/c1-11-14(16(21)19-12-7-4-3-5-8-12)15(13-9-6-10-23-13)20-17(18-11)22-2;/h3-10,15H,1-2H3,(H,18,20)(H,19,21);1H. The fourth-order valence-corrected chi connectivity index (χ4v) is 3.65. The van der Waals surface area contributed by atoms with Gasteiger partial charge in [0.05, 0.1) is 5.57 Å². The monoisotopic (exact) mass is 471 g/mol. The van der Waals surface area contributed by atoms with Crippen molar-refractivity contribution in [3.63, 3.8) is 0 Å². The summed E-state index contributed by atoms with van der Waals surface area (Å²) in [6.07, 6.45) is 1.97. The van der Waals surface area contributed by atoms with Gasteiger partial charge < -0.3 is 10.6 Å². The van der Waals surface area contributed by atoms with Crippen LogP contribution in [0.1, 0.15) is 17.8 Å². The van der Waals surface area contributed by atoms with Crippen molar-refractivity contribution < 1.29 is 4.79 Å². The summed E-state index contributed by atoms with van der Waals surface area (Å²) in [5.41, 5.74) is 2.28. The third-order valence-electron chi connectivity index (χ3n) is 3.50. The Balaban J connectivity index is 0.00000208. The van der Waals surface area contributed by atoms with Crippen molar-refractivity contribution in [2.75, 3.05) is 11.6 Å². The fraction of sp³-hybridized carbons (Fsp3) is 0.176. The zero-order valence-electron chi connectivity index (χ0n) is 13.3. The summed E-state index contributed by atoms with van der Waals surface area (Å²) in [5.74, 6) is -0.122. The van der Waals surface area contributed by atoms with Gasteiger partial charge >= 0.3 is 0 Å². The highest BCUT2D eigenvalue weighted by molar-refractivity contribution is 14.0. The van der Waals surface area contributed by atoms with Gasteiger partial charge in [0.2, 0.25) is 0 Å². The van der Waals surface area contributed by atoms with Gasteiger partial charge in [-0.05, 0) is 36.8 Å². The number of para-hydroxylation sites is 1. The van der Waals surface area contributed by atoms with E-state index in [1.165, 1.54) is 0 Å². The van der Waals surface area contributed by atoms with Gasteiger partial charge in [-0.15, -0.1) is 35.3 Å². The first-order valence-electron chi connectivity index (χ1n) is 7.18. The maximum atomic E-state index is 12.8. The van der Waals surface area contributed by atoms with Crippen LogP contribution in [0, 0.1) is 0 Å². The minimum atomic E-state index is -0.262. The molecular formula is C17H18IN3OS2. The Kier molecular flexibility index (Phi) is 6.88. The Morgan fingerprint density at radius 3 is 2.62 bits per heavy atom. The van der Waals surface area contributed by atoms with E-state index < -0.39 is 0 Å². The molecule has 0 aliphatic carbocycles. The topological polar surface area (TPSA) is 53.5 Å². The molecule has 24 heavy (non-hydrogen) atoms. The van der Waals surface area contributed by atoms with E-state index in [9.17, 15) is 4.79 Å². The average molecular weight is 471 g/mol. The number of thioether (sulfide) groups is 1. The highest BCUT2D eigenvalue weighted by atomic mass is 127. The van der Waals surface area contributed by atoms with E-state index in [-0.39, 0.29) is 35.9 Å². The van der Waals surface area contributed by atoms with Crippen molar-refractivity contribution in [2.24, 2.45) is 4.99 Å². The zero-order valence-corrected chi connectivity index (χ0v) is 17.2. The third-order valence-corrected chi connectivity index (χ3v) is 5.02. The van der Waals surface area contributed by atoms with Crippen molar-refractivity contribution >= 4 is 63.8 Å². The lowest BCUT2D eigenvalue weighted by atomic mass is 10.0. The van der Waals surface area contributed by atoms with Crippen LogP contribution in [-0.4, -0.2) is 17.3 Å². The maximum Gasteiger partial charge on any atom is 0.255 e. The molecule has 0 radical (unpaired) electrons. The van der Waals surface area contributed by atoms with E-state index >= 15 is 0 Å². The molecule has 2 aromatic rings. The third kappa shape index (κ3) is 4.20. The Labute approximate surface area is 166 Å². The molecule has 1 aliphatic rings. The van der Waals surface area contributed by atoms with E-state index in [1.807, 2.05) is 61.0 Å². The number of thiophene rings is 1. The number of anilines is 1. The van der Waals surface area contributed by atoms with Crippen molar-refractivity contribution in [1.82, 2.24) is 5.32 Å². The highest BCUT2D eigenvalue weighted by Gasteiger charge is 2.29. The van der Waals surface area contributed by atoms with E-state index in [0.29, 0.717) is 5.57 Å². The molecule has 7 heteroatoms. The molecule has 2 heterocycles. The molecule has 0 fully saturated rings. The molecule has 1 atom stereocenters. The number of aliphatic imine (C=N–C) groups is 1. The second kappa shape index (κ2) is 8.68. The lowest BCUT2D eigenvalue weighted by Gasteiger charge is -2.25. The number of halogens is 1. The molecule has 1 unspecified atom stereocenters. The molecule has 0 saturated carbocycles. The summed E-state index contributed by atoms with van der Waals surface area (Å²) in [5, 5.41) is 9.01. The zero-order chi connectivity index (χ0) is 16.2. The van der Waals surface area contributed by atoms with Crippen molar-refractivity contribution in [3.05, 3.63) is 64.0 Å². The second-order valence-electron chi connectivity index (χ2n) is 5.04. The molecule has 0 spiro atoms. The smallest absolute Gasteiger partial charge is 0.255 e. The highest BCUT2D eigenvalue weighted by Crippen LogP contribution is 2.34. The predicted molar refractivity (Wildman–Crippen MR) is 114 cm³/mol. The van der Waals surface area contributed by atoms with Crippen LogP contribution in [0.3, 0.4) is 0 Å². The van der Waals surface area contributed by atoms with Crippen LogP contribution in [0.5, 0.6) is 0 Å². The molecule has 0 bridgehead atoms. The van der Waals surface area contributed by atoms with Crippen molar-refractivity contribution in [3.8, 4) is 0 Å². The number of amidine groups is 1. The molecule has 1 aromatic carbocycles. The number of amides is 1. The van der Waals surface area contributed by atoms with Crippen molar-refractivity contribution in [2.45, 2.75) is 13.0 Å². The van der Waals surface area contributed by atoms with E-state index in [4.69, 9.17) is 4.99 Å². The average Bonchev–Trinajstić information content (AvgIpc) is 3.09. The molecule has 1 aliphatic heterocycles. The number of carbonyl (C=O) groups is 1.